The molecule has 1 aliphatic rings. The van der Waals surface area contributed by atoms with Crippen molar-refractivity contribution in [3.63, 3.8) is 0 Å². The monoisotopic (exact) mass is 607 g/mol. The summed E-state index contributed by atoms with van der Waals surface area (Å²) in [6.45, 7) is 8.59. The van der Waals surface area contributed by atoms with Crippen molar-refractivity contribution in [1.82, 2.24) is 15.1 Å². The van der Waals surface area contributed by atoms with Crippen molar-refractivity contribution < 1.29 is 14.3 Å². The van der Waals surface area contributed by atoms with Crippen LogP contribution < -0.4 is 5.32 Å². The predicted octanol–water partition coefficient (Wildman–Crippen LogP) is 7.60. The Balaban J connectivity index is 1.39. The zero-order valence-electron chi connectivity index (χ0n) is 27.1. The molecule has 45 heavy (non-hydrogen) atoms. The first-order valence-corrected chi connectivity index (χ1v) is 16.7. The van der Waals surface area contributed by atoms with Gasteiger partial charge in [0.05, 0.1) is 6.54 Å². The first kappa shape index (κ1) is 33.8. The molecule has 1 N–H and O–H groups in total. The molecule has 2 amide bonds. The first-order chi connectivity index (χ1) is 22.1. The van der Waals surface area contributed by atoms with Crippen LogP contribution in [0.2, 0.25) is 0 Å². The van der Waals surface area contributed by atoms with E-state index in [9.17, 15) is 9.59 Å². The van der Waals surface area contributed by atoms with Crippen LogP contribution in [0.15, 0.2) is 78.9 Å². The highest BCUT2D eigenvalue weighted by Gasteiger charge is 2.28. The third-order valence-electron chi connectivity index (χ3n) is 8.40. The van der Waals surface area contributed by atoms with Crippen LogP contribution in [-0.2, 0) is 24.3 Å². The van der Waals surface area contributed by atoms with Gasteiger partial charge in [-0.3, -0.25) is 4.79 Å². The first-order valence-electron chi connectivity index (χ1n) is 16.7. The summed E-state index contributed by atoms with van der Waals surface area (Å²) in [6.07, 6.45) is 8.56. The number of unbranched alkanes of at least 4 members (excludes halogenated alkanes) is 3. The number of likely N-dealkylation sites (tertiary alicyclic amines) is 1. The lowest BCUT2D eigenvalue weighted by atomic mass is 9.99. The van der Waals surface area contributed by atoms with Gasteiger partial charge in [-0.05, 0) is 79.6 Å². The molecule has 238 valence electrons. The highest BCUT2D eigenvalue weighted by Crippen LogP contribution is 2.23. The summed E-state index contributed by atoms with van der Waals surface area (Å²) in [5.74, 6) is 6.26. The van der Waals surface area contributed by atoms with Crippen molar-refractivity contribution in [2.75, 3.05) is 26.2 Å². The number of aryl methyl sites for hydroxylation is 1. The average Bonchev–Trinajstić information content (AvgIpc) is 3.08. The Morgan fingerprint density at radius 3 is 2.33 bits per heavy atom. The Kier molecular flexibility index (Phi) is 14.0. The van der Waals surface area contributed by atoms with Gasteiger partial charge in [-0.25, -0.2) is 4.79 Å². The summed E-state index contributed by atoms with van der Waals surface area (Å²) in [4.78, 5) is 30.7. The van der Waals surface area contributed by atoms with E-state index in [0.29, 0.717) is 6.54 Å². The molecule has 3 aromatic carbocycles. The normalized spacial score (nSPS) is 13.5. The Bertz CT molecular complexity index is 1390. The number of nitrogens with one attached hydrogen (secondary N) is 1. The Hall–Kier alpha value is -4.08. The zero-order chi connectivity index (χ0) is 31.7. The lowest BCUT2D eigenvalue weighted by Gasteiger charge is -2.39. The lowest BCUT2D eigenvalue weighted by molar-refractivity contribution is 0.0549. The number of hydrogen-bond donors (Lipinski definition) is 1. The molecule has 0 saturated carbocycles. The quantitative estimate of drug-likeness (QED) is 0.151. The van der Waals surface area contributed by atoms with E-state index in [-0.39, 0.29) is 25.1 Å². The van der Waals surface area contributed by atoms with E-state index < -0.39 is 6.09 Å². The smallest absolute Gasteiger partial charge is 0.408 e. The molecule has 1 fully saturated rings. The molecule has 0 bridgehead atoms. The topological polar surface area (TPSA) is 61.9 Å². The molecule has 0 spiro atoms. The van der Waals surface area contributed by atoms with Gasteiger partial charge in [0, 0.05) is 36.8 Å². The zero-order valence-corrected chi connectivity index (χ0v) is 27.1. The highest BCUT2D eigenvalue weighted by molar-refractivity contribution is 5.94. The molecule has 1 aliphatic heterocycles. The van der Waals surface area contributed by atoms with Crippen molar-refractivity contribution in [3.05, 3.63) is 107 Å². The van der Waals surface area contributed by atoms with Gasteiger partial charge in [-0.1, -0.05) is 99.5 Å². The van der Waals surface area contributed by atoms with Gasteiger partial charge in [0.2, 0.25) is 0 Å². The molecule has 1 heterocycles. The summed E-state index contributed by atoms with van der Waals surface area (Å²) in [5, 5.41) is 2.69. The van der Waals surface area contributed by atoms with Crippen LogP contribution in [0.5, 0.6) is 0 Å². The molecule has 1 saturated heterocycles. The fourth-order valence-corrected chi connectivity index (χ4v) is 5.74. The van der Waals surface area contributed by atoms with E-state index in [1.165, 1.54) is 37.7 Å². The van der Waals surface area contributed by atoms with Crippen molar-refractivity contribution in [3.8, 4) is 11.8 Å². The highest BCUT2D eigenvalue weighted by atomic mass is 16.5. The molecule has 6 nitrogen and oxygen atoms in total. The number of benzene rings is 3. The SMILES string of the molecule is CCCCCc1ccc(C(=O)N(Cc2cccc(C#CCNC(=O)OCc3ccccc3)c2)C2CCN(CCCC)CC2)cc1. The van der Waals surface area contributed by atoms with Gasteiger partial charge in [0.1, 0.15) is 6.61 Å². The molecule has 0 aromatic heterocycles. The van der Waals surface area contributed by atoms with E-state index in [1.807, 2.05) is 60.7 Å². The van der Waals surface area contributed by atoms with Gasteiger partial charge >= 0.3 is 6.09 Å². The minimum absolute atomic E-state index is 0.0943. The van der Waals surface area contributed by atoms with Gasteiger partial charge in [-0.2, -0.15) is 0 Å². The number of nitrogens with zero attached hydrogens (tertiary/aromatic N) is 2. The van der Waals surface area contributed by atoms with Crippen LogP contribution in [0.1, 0.15) is 91.4 Å². The summed E-state index contributed by atoms with van der Waals surface area (Å²) in [6, 6.07) is 26.1. The van der Waals surface area contributed by atoms with E-state index in [4.69, 9.17) is 4.74 Å². The van der Waals surface area contributed by atoms with Gasteiger partial charge < -0.3 is 19.9 Å². The fourth-order valence-electron chi connectivity index (χ4n) is 5.74. The molecule has 0 atom stereocenters. The van der Waals surface area contributed by atoms with Gasteiger partial charge in [0.25, 0.3) is 5.91 Å². The third-order valence-corrected chi connectivity index (χ3v) is 8.40. The fraction of sp³-hybridized carbons (Fsp3) is 0.436. The number of rotatable bonds is 14. The average molecular weight is 608 g/mol. The standard InChI is InChI=1S/C39H49N3O3/c1-3-5-8-13-32-19-21-36(22-20-32)38(43)42(37-23-27-41(28-24-37)26-6-4-2)30-35-17-11-16-33(29-35)18-12-25-40-39(44)45-31-34-14-9-7-10-15-34/h7,9-11,14-17,19-22,29,37H,3-6,8,13,23-28,30-31H2,1-2H3,(H,40,44). The summed E-state index contributed by atoms with van der Waals surface area (Å²) >= 11 is 0. The maximum Gasteiger partial charge on any atom is 0.408 e. The maximum atomic E-state index is 14.0. The predicted molar refractivity (Wildman–Crippen MR) is 182 cm³/mol. The second-order valence-electron chi connectivity index (χ2n) is 11.9. The number of amides is 2. The minimum Gasteiger partial charge on any atom is -0.445 e. The molecule has 0 unspecified atom stereocenters. The van der Waals surface area contributed by atoms with E-state index in [1.54, 1.807) is 0 Å². The Labute approximate surface area is 270 Å². The number of alkyl carbamates (subject to hydrolysis) is 1. The van der Waals surface area contributed by atoms with Crippen LogP contribution in [0, 0.1) is 11.8 Å². The second kappa shape index (κ2) is 18.7. The third kappa shape index (κ3) is 11.4. The molecule has 6 heteroatoms. The lowest BCUT2D eigenvalue weighted by Crippen LogP contribution is -2.47. The molecular weight excluding hydrogens is 558 g/mol. The summed E-state index contributed by atoms with van der Waals surface area (Å²) < 4.78 is 5.26. The van der Waals surface area contributed by atoms with E-state index >= 15 is 0 Å². The molecular formula is C39H49N3O3. The van der Waals surface area contributed by atoms with Crippen molar-refractivity contribution in [1.29, 1.82) is 0 Å². The number of piperidine rings is 1. The molecule has 0 radical (unpaired) electrons. The Morgan fingerprint density at radius 2 is 1.60 bits per heavy atom. The molecule has 0 aliphatic carbocycles. The van der Waals surface area contributed by atoms with Crippen LogP contribution in [0.4, 0.5) is 4.79 Å². The largest absolute Gasteiger partial charge is 0.445 e. The summed E-state index contributed by atoms with van der Waals surface area (Å²) in [5.41, 5.74) is 4.88. The maximum absolute atomic E-state index is 14.0. The van der Waals surface area contributed by atoms with Crippen LogP contribution in [0.3, 0.4) is 0 Å². The van der Waals surface area contributed by atoms with Gasteiger partial charge in [-0.15, -0.1) is 0 Å². The molecule has 3 aromatic rings. The number of carbonyl (C=O) groups is 2. The van der Waals surface area contributed by atoms with Crippen LogP contribution in [0.25, 0.3) is 0 Å². The van der Waals surface area contributed by atoms with Crippen LogP contribution >= 0.6 is 0 Å². The second-order valence-corrected chi connectivity index (χ2v) is 11.9. The van der Waals surface area contributed by atoms with Crippen molar-refractivity contribution in [2.24, 2.45) is 0 Å². The number of hydrogen-bond acceptors (Lipinski definition) is 4. The minimum atomic E-state index is -0.495. The van der Waals surface area contributed by atoms with E-state index in [0.717, 1.165) is 61.2 Å². The van der Waals surface area contributed by atoms with Crippen molar-refractivity contribution >= 4 is 12.0 Å². The van der Waals surface area contributed by atoms with Crippen LogP contribution in [-0.4, -0.2) is 54.0 Å². The molecule has 4 rings (SSSR count). The van der Waals surface area contributed by atoms with Gasteiger partial charge in [0.15, 0.2) is 0 Å². The summed E-state index contributed by atoms with van der Waals surface area (Å²) in [7, 11) is 0. The van der Waals surface area contributed by atoms with E-state index in [2.05, 4.69) is 59.0 Å². The number of carbonyl (C=O) groups excluding carboxylic acids is 2. The Morgan fingerprint density at radius 1 is 0.867 bits per heavy atom. The van der Waals surface area contributed by atoms with Crippen molar-refractivity contribution in [2.45, 2.75) is 84.4 Å². The number of ether oxygens (including phenoxy) is 1.